The first-order valence-electron chi connectivity index (χ1n) is 11.5. The van der Waals surface area contributed by atoms with Crippen LogP contribution >= 0.6 is 0 Å². The second-order valence-electron chi connectivity index (χ2n) is 8.39. The summed E-state index contributed by atoms with van der Waals surface area (Å²) in [6, 6.07) is 15.4. The molecule has 2 atom stereocenters. The van der Waals surface area contributed by atoms with Gasteiger partial charge in [-0.15, -0.1) is 0 Å². The Balaban J connectivity index is 1.83. The van der Waals surface area contributed by atoms with Gasteiger partial charge in [-0.2, -0.15) is 0 Å². The van der Waals surface area contributed by atoms with Crippen molar-refractivity contribution in [3.8, 4) is 0 Å². The molecule has 7 heteroatoms. The van der Waals surface area contributed by atoms with Crippen LogP contribution in [0.5, 0.6) is 0 Å². The Labute approximate surface area is 195 Å². The van der Waals surface area contributed by atoms with E-state index < -0.39 is 6.09 Å². The molecule has 2 N–H and O–H groups in total. The first kappa shape index (κ1) is 24.3. The molecule has 0 bridgehead atoms. The van der Waals surface area contributed by atoms with Crippen molar-refractivity contribution >= 4 is 29.3 Å². The van der Waals surface area contributed by atoms with Crippen LogP contribution in [0.3, 0.4) is 0 Å². The van der Waals surface area contributed by atoms with Gasteiger partial charge in [0.2, 0.25) is 11.8 Å². The predicted molar refractivity (Wildman–Crippen MR) is 129 cm³/mol. The molecule has 0 saturated carbocycles. The van der Waals surface area contributed by atoms with Gasteiger partial charge in [-0.3, -0.25) is 14.9 Å². The van der Waals surface area contributed by atoms with Crippen LogP contribution in [0.15, 0.2) is 48.5 Å². The lowest BCUT2D eigenvalue weighted by atomic mass is 9.80. The minimum absolute atomic E-state index is 0.0283. The van der Waals surface area contributed by atoms with Gasteiger partial charge in [-0.05, 0) is 42.2 Å². The lowest BCUT2D eigenvalue weighted by Gasteiger charge is -2.41. The number of methoxy groups -OCH3 is 1. The third-order valence-corrected chi connectivity index (χ3v) is 6.07. The fourth-order valence-corrected chi connectivity index (χ4v) is 4.44. The summed E-state index contributed by atoms with van der Waals surface area (Å²) in [7, 11) is 1.33. The highest BCUT2D eigenvalue weighted by molar-refractivity contribution is 5.94. The van der Waals surface area contributed by atoms with Gasteiger partial charge in [0.05, 0.1) is 13.2 Å². The van der Waals surface area contributed by atoms with Crippen molar-refractivity contribution in [2.45, 2.75) is 57.9 Å². The fraction of sp³-hybridized carbons (Fsp3) is 0.423. The SMILES string of the molecule is CCCCCC(=O)NCC1CC(c2ccc(NC(=O)OC)cc2)c2ccccc2N1C(C)=O. The van der Waals surface area contributed by atoms with E-state index in [4.69, 9.17) is 0 Å². The molecule has 1 aliphatic rings. The highest BCUT2D eigenvalue weighted by atomic mass is 16.5. The van der Waals surface area contributed by atoms with Crippen LogP contribution in [0.25, 0.3) is 0 Å². The van der Waals surface area contributed by atoms with Gasteiger partial charge in [0, 0.05) is 37.2 Å². The topological polar surface area (TPSA) is 87.7 Å². The molecule has 3 rings (SSSR count). The molecule has 3 amide bonds. The van der Waals surface area contributed by atoms with Crippen LogP contribution in [0.2, 0.25) is 0 Å². The van der Waals surface area contributed by atoms with Crippen molar-refractivity contribution in [3.05, 3.63) is 59.7 Å². The molecule has 0 aliphatic carbocycles. The molecular formula is C26H33N3O4. The fourth-order valence-electron chi connectivity index (χ4n) is 4.44. The molecule has 0 aromatic heterocycles. The molecule has 0 spiro atoms. The maximum absolute atomic E-state index is 12.6. The third kappa shape index (κ3) is 6.12. The Bertz CT molecular complexity index is 974. The number of hydrogen-bond acceptors (Lipinski definition) is 4. The zero-order valence-electron chi connectivity index (χ0n) is 19.6. The van der Waals surface area contributed by atoms with Crippen molar-refractivity contribution in [1.29, 1.82) is 0 Å². The monoisotopic (exact) mass is 451 g/mol. The first-order valence-corrected chi connectivity index (χ1v) is 11.5. The molecule has 0 fully saturated rings. The third-order valence-electron chi connectivity index (χ3n) is 6.07. The van der Waals surface area contributed by atoms with Crippen LogP contribution in [-0.4, -0.2) is 37.6 Å². The van der Waals surface area contributed by atoms with Gasteiger partial charge >= 0.3 is 6.09 Å². The molecule has 2 aromatic carbocycles. The van der Waals surface area contributed by atoms with Gasteiger partial charge in [0.25, 0.3) is 0 Å². The molecule has 7 nitrogen and oxygen atoms in total. The second kappa shape index (κ2) is 11.5. The van der Waals surface area contributed by atoms with Crippen molar-refractivity contribution in [2.75, 3.05) is 23.9 Å². The Morgan fingerprint density at radius 3 is 2.45 bits per heavy atom. The number of anilines is 2. The minimum atomic E-state index is -0.516. The number of nitrogens with one attached hydrogen (secondary N) is 2. The quantitative estimate of drug-likeness (QED) is 0.564. The Morgan fingerprint density at radius 1 is 1.06 bits per heavy atom. The summed E-state index contributed by atoms with van der Waals surface area (Å²) >= 11 is 0. The molecule has 1 aliphatic heterocycles. The summed E-state index contributed by atoms with van der Waals surface area (Å²) in [4.78, 5) is 38.2. The normalized spacial score (nSPS) is 17.1. The largest absolute Gasteiger partial charge is 0.453 e. The summed E-state index contributed by atoms with van der Waals surface area (Å²) in [5.41, 5.74) is 3.69. The maximum Gasteiger partial charge on any atom is 0.411 e. The smallest absolute Gasteiger partial charge is 0.411 e. The Morgan fingerprint density at radius 2 is 1.79 bits per heavy atom. The van der Waals surface area contributed by atoms with Gasteiger partial charge in [-0.25, -0.2) is 4.79 Å². The number of carbonyl (C=O) groups excluding carboxylic acids is 3. The molecule has 2 aromatic rings. The van der Waals surface area contributed by atoms with Gasteiger partial charge in [0.15, 0.2) is 0 Å². The number of rotatable bonds is 8. The summed E-state index contributed by atoms with van der Waals surface area (Å²) in [6.07, 6.45) is 3.66. The highest BCUT2D eigenvalue weighted by Crippen LogP contribution is 2.42. The molecule has 176 valence electrons. The number of amides is 3. The lowest BCUT2D eigenvalue weighted by molar-refractivity contribution is -0.122. The van der Waals surface area contributed by atoms with E-state index in [2.05, 4.69) is 28.4 Å². The number of carbonyl (C=O) groups is 3. The van der Waals surface area contributed by atoms with E-state index in [0.717, 1.165) is 36.1 Å². The molecule has 0 radical (unpaired) electrons. The van der Waals surface area contributed by atoms with E-state index >= 15 is 0 Å². The van der Waals surface area contributed by atoms with Crippen LogP contribution in [0.4, 0.5) is 16.2 Å². The maximum atomic E-state index is 12.6. The van der Waals surface area contributed by atoms with Crippen LogP contribution in [0, 0.1) is 0 Å². The molecular weight excluding hydrogens is 418 g/mol. The number of nitrogens with zero attached hydrogens (tertiary/aromatic N) is 1. The first-order chi connectivity index (χ1) is 15.9. The number of para-hydroxylation sites is 1. The van der Waals surface area contributed by atoms with Gasteiger partial charge < -0.3 is 15.0 Å². The lowest BCUT2D eigenvalue weighted by Crippen LogP contribution is -2.49. The molecule has 0 saturated heterocycles. The van der Waals surface area contributed by atoms with E-state index in [1.165, 1.54) is 7.11 Å². The van der Waals surface area contributed by atoms with E-state index in [0.29, 0.717) is 25.1 Å². The number of hydrogen-bond donors (Lipinski definition) is 2. The zero-order valence-corrected chi connectivity index (χ0v) is 19.6. The van der Waals surface area contributed by atoms with E-state index in [-0.39, 0.29) is 23.8 Å². The Hall–Kier alpha value is -3.35. The number of benzene rings is 2. The van der Waals surface area contributed by atoms with Crippen molar-refractivity contribution in [3.63, 3.8) is 0 Å². The zero-order chi connectivity index (χ0) is 23.8. The highest BCUT2D eigenvalue weighted by Gasteiger charge is 2.35. The van der Waals surface area contributed by atoms with Crippen LogP contribution in [-0.2, 0) is 14.3 Å². The summed E-state index contributed by atoms with van der Waals surface area (Å²) in [5, 5.41) is 5.71. The van der Waals surface area contributed by atoms with Crippen LogP contribution < -0.4 is 15.5 Å². The van der Waals surface area contributed by atoms with Crippen molar-refractivity contribution in [2.24, 2.45) is 0 Å². The van der Waals surface area contributed by atoms with E-state index in [9.17, 15) is 14.4 Å². The molecule has 2 unspecified atom stereocenters. The van der Waals surface area contributed by atoms with E-state index in [1.54, 1.807) is 6.92 Å². The number of ether oxygens (including phenoxy) is 1. The standard InChI is InChI=1S/C26H33N3O4/c1-4-5-6-11-25(31)27-17-21-16-23(19-12-14-20(15-13-19)28-26(32)33-3)22-9-7-8-10-24(22)29(21)18(2)30/h7-10,12-15,21,23H,4-6,11,16-17H2,1-3H3,(H,27,31)(H,28,32). The number of unbranched alkanes of at least 4 members (excludes halogenated alkanes) is 2. The average molecular weight is 452 g/mol. The average Bonchev–Trinajstić information content (AvgIpc) is 2.82. The summed E-state index contributed by atoms with van der Waals surface area (Å²) < 4.78 is 4.65. The molecule has 33 heavy (non-hydrogen) atoms. The van der Waals surface area contributed by atoms with Crippen molar-refractivity contribution in [1.82, 2.24) is 5.32 Å². The summed E-state index contributed by atoms with van der Waals surface area (Å²) in [5.74, 6) is 0.0512. The van der Waals surface area contributed by atoms with E-state index in [1.807, 2.05) is 47.4 Å². The predicted octanol–water partition coefficient (Wildman–Crippen LogP) is 4.82. The van der Waals surface area contributed by atoms with Crippen molar-refractivity contribution < 1.29 is 19.1 Å². The molecule has 1 heterocycles. The van der Waals surface area contributed by atoms with Gasteiger partial charge in [0.1, 0.15) is 0 Å². The minimum Gasteiger partial charge on any atom is -0.453 e. The Kier molecular flexibility index (Phi) is 8.46. The number of fused-ring (bicyclic) bond motifs is 1. The second-order valence-corrected chi connectivity index (χ2v) is 8.39. The van der Waals surface area contributed by atoms with Crippen LogP contribution in [0.1, 0.15) is 63.0 Å². The summed E-state index contributed by atoms with van der Waals surface area (Å²) in [6.45, 7) is 4.10. The van der Waals surface area contributed by atoms with Gasteiger partial charge in [-0.1, -0.05) is 50.1 Å².